The maximum absolute atomic E-state index is 10.7. The van der Waals surface area contributed by atoms with Gasteiger partial charge in [0.25, 0.3) is 0 Å². The van der Waals surface area contributed by atoms with Gasteiger partial charge in [-0.05, 0) is 39.7 Å². The normalized spacial score (nSPS) is 10.1. The third-order valence-electron chi connectivity index (χ3n) is 2.40. The van der Waals surface area contributed by atoms with E-state index in [-0.39, 0.29) is 0 Å². The Morgan fingerprint density at radius 2 is 2.00 bits per heavy atom. The number of nitrogens with zero attached hydrogens (tertiary/aromatic N) is 1. The molecule has 1 aromatic heterocycles. The number of carboxylic acid groups (broad SMARTS) is 1. The van der Waals surface area contributed by atoms with E-state index in [0.29, 0.717) is 12.1 Å². The van der Waals surface area contributed by atoms with Crippen LogP contribution in [0.1, 0.15) is 15.9 Å². The molecule has 0 amide bonds. The van der Waals surface area contributed by atoms with E-state index in [1.807, 2.05) is 6.07 Å². The summed E-state index contributed by atoms with van der Waals surface area (Å²) in [6.45, 7) is 0.623. The summed E-state index contributed by atoms with van der Waals surface area (Å²) in [5, 5.41) is 12.0. The number of nitrogens with one attached hydrogen (secondary N) is 1. The lowest BCUT2D eigenvalue weighted by Gasteiger charge is -2.06. The highest BCUT2D eigenvalue weighted by atomic mass is 79.9. The van der Waals surface area contributed by atoms with Crippen molar-refractivity contribution < 1.29 is 9.90 Å². The molecule has 1 aromatic carbocycles. The van der Waals surface area contributed by atoms with Gasteiger partial charge in [0.2, 0.25) is 0 Å². The van der Waals surface area contributed by atoms with Crippen molar-refractivity contribution in [2.45, 2.75) is 6.54 Å². The molecule has 1 heterocycles. The minimum absolute atomic E-state index is 0.294. The summed E-state index contributed by atoms with van der Waals surface area (Å²) in [5.41, 5.74) is 2.22. The quantitative estimate of drug-likeness (QED) is 0.911. The zero-order chi connectivity index (χ0) is 13.0. The Labute approximate surface area is 113 Å². The topological polar surface area (TPSA) is 62.2 Å². The summed E-state index contributed by atoms with van der Waals surface area (Å²) in [6, 6.07) is 8.71. The number of benzene rings is 1. The Hall–Kier alpha value is -1.88. The van der Waals surface area contributed by atoms with Crippen molar-refractivity contribution >= 4 is 27.6 Å². The molecule has 0 bridgehead atoms. The minimum Gasteiger partial charge on any atom is -0.478 e. The van der Waals surface area contributed by atoms with Gasteiger partial charge in [0.1, 0.15) is 0 Å². The average Bonchev–Trinajstić information content (AvgIpc) is 2.37. The average molecular weight is 307 g/mol. The van der Waals surface area contributed by atoms with Crippen molar-refractivity contribution in [3.63, 3.8) is 0 Å². The molecule has 0 atom stereocenters. The smallest absolute Gasteiger partial charge is 0.335 e. The van der Waals surface area contributed by atoms with Crippen LogP contribution < -0.4 is 5.32 Å². The summed E-state index contributed by atoms with van der Waals surface area (Å²) in [5.74, 6) is -0.911. The van der Waals surface area contributed by atoms with Crippen molar-refractivity contribution in [1.82, 2.24) is 4.98 Å². The number of rotatable bonds is 4. The molecule has 2 aromatic rings. The largest absolute Gasteiger partial charge is 0.478 e. The molecule has 0 saturated carbocycles. The number of carbonyl (C=O) groups is 1. The number of aromatic carboxylic acids is 1. The Bertz CT molecular complexity index is 555. The molecule has 18 heavy (non-hydrogen) atoms. The van der Waals surface area contributed by atoms with Gasteiger partial charge in [-0.15, -0.1) is 0 Å². The molecule has 0 saturated heterocycles. The lowest BCUT2D eigenvalue weighted by molar-refractivity contribution is 0.0697. The van der Waals surface area contributed by atoms with Crippen molar-refractivity contribution in [3.05, 3.63) is 58.3 Å². The van der Waals surface area contributed by atoms with E-state index >= 15 is 0 Å². The van der Waals surface area contributed by atoms with Crippen LogP contribution in [0.25, 0.3) is 0 Å². The maximum Gasteiger partial charge on any atom is 0.335 e. The second kappa shape index (κ2) is 5.64. The van der Waals surface area contributed by atoms with Crippen LogP contribution in [0.3, 0.4) is 0 Å². The molecule has 0 spiro atoms. The number of halogens is 1. The molecule has 5 heteroatoms. The lowest BCUT2D eigenvalue weighted by Crippen LogP contribution is -2.01. The summed E-state index contributed by atoms with van der Waals surface area (Å²) >= 11 is 3.35. The summed E-state index contributed by atoms with van der Waals surface area (Å²) in [6.07, 6.45) is 3.45. The summed E-state index contributed by atoms with van der Waals surface area (Å²) < 4.78 is 0.911. The maximum atomic E-state index is 10.7. The van der Waals surface area contributed by atoms with Crippen LogP contribution in [0.2, 0.25) is 0 Å². The summed E-state index contributed by atoms with van der Waals surface area (Å²) in [4.78, 5) is 14.7. The van der Waals surface area contributed by atoms with Crippen LogP contribution in [0, 0.1) is 0 Å². The van der Waals surface area contributed by atoms with E-state index in [4.69, 9.17) is 5.11 Å². The van der Waals surface area contributed by atoms with Gasteiger partial charge in [0.05, 0.1) is 17.4 Å². The third-order valence-corrected chi connectivity index (χ3v) is 2.84. The van der Waals surface area contributed by atoms with Crippen LogP contribution in [0.5, 0.6) is 0 Å². The molecule has 92 valence electrons. The van der Waals surface area contributed by atoms with Gasteiger partial charge >= 0.3 is 5.97 Å². The first-order valence-corrected chi connectivity index (χ1v) is 6.11. The SMILES string of the molecule is O=C(O)c1ccc(CNc2cncc(Br)c2)cc1. The highest BCUT2D eigenvalue weighted by molar-refractivity contribution is 9.10. The highest BCUT2D eigenvalue weighted by Gasteiger charge is 2.01. The molecule has 0 aliphatic carbocycles. The molecule has 2 N–H and O–H groups in total. The molecule has 0 unspecified atom stereocenters. The fraction of sp³-hybridized carbons (Fsp3) is 0.0769. The number of hydrogen-bond acceptors (Lipinski definition) is 3. The van der Waals surface area contributed by atoms with Gasteiger partial charge in [-0.2, -0.15) is 0 Å². The van der Waals surface area contributed by atoms with Gasteiger partial charge < -0.3 is 10.4 Å². The van der Waals surface area contributed by atoms with Crippen LogP contribution in [-0.2, 0) is 6.54 Å². The minimum atomic E-state index is -0.911. The van der Waals surface area contributed by atoms with Gasteiger partial charge in [0, 0.05) is 17.2 Å². The number of carboxylic acids is 1. The lowest BCUT2D eigenvalue weighted by atomic mass is 10.1. The molecule has 0 radical (unpaired) electrons. The fourth-order valence-corrected chi connectivity index (χ4v) is 1.84. The Kier molecular flexibility index (Phi) is 3.94. The zero-order valence-electron chi connectivity index (χ0n) is 9.43. The molecule has 0 aliphatic rings. The van der Waals surface area contributed by atoms with E-state index in [0.717, 1.165) is 15.7 Å². The number of hydrogen-bond donors (Lipinski definition) is 2. The van der Waals surface area contributed by atoms with E-state index in [9.17, 15) is 4.79 Å². The van der Waals surface area contributed by atoms with Crippen LogP contribution in [-0.4, -0.2) is 16.1 Å². The Morgan fingerprint density at radius 1 is 1.28 bits per heavy atom. The standard InChI is InChI=1S/C13H11BrN2O2/c14-11-5-12(8-15-7-11)16-6-9-1-3-10(4-2-9)13(17)18/h1-5,7-8,16H,6H2,(H,17,18). The summed E-state index contributed by atoms with van der Waals surface area (Å²) in [7, 11) is 0. The first-order chi connectivity index (χ1) is 8.65. The predicted octanol–water partition coefficient (Wildman–Crippen LogP) is 3.15. The second-order valence-electron chi connectivity index (χ2n) is 3.75. The monoisotopic (exact) mass is 306 g/mol. The van der Waals surface area contributed by atoms with Gasteiger partial charge in [-0.25, -0.2) is 4.79 Å². The van der Waals surface area contributed by atoms with E-state index < -0.39 is 5.97 Å². The number of pyridine rings is 1. The van der Waals surface area contributed by atoms with Crippen LogP contribution >= 0.6 is 15.9 Å². The van der Waals surface area contributed by atoms with E-state index in [2.05, 4.69) is 26.2 Å². The van der Waals surface area contributed by atoms with Crippen molar-refractivity contribution in [1.29, 1.82) is 0 Å². The molecule has 0 aliphatic heterocycles. The molecule has 0 fully saturated rings. The Balaban J connectivity index is 2.00. The van der Waals surface area contributed by atoms with Gasteiger partial charge in [0.15, 0.2) is 0 Å². The van der Waals surface area contributed by atoms with Crippen LogP contribution in [0.4, 0.5) is 5.69 Å². The number of anilines is 1. The Morgan fingerprint density at radius 3 is 2.61 bits per heavy atom. The van der Waals surface area contributed by atoms with Crippen molar-refractivity contribution in [2.24, 2.45) is 0 Å². The first-order valence-electron chi connectivity index (χ1n) is 5.32. The van der Waals surface area contributed by atoms with Crippen molar-refractivity contribution in [2.75, 3.05) is 5.32 Å². The van der Waals surface area contributed by atoms with Crippen molar-refractivity contribution in [3.8, 4) is 0 Å². The molecule has 2 rings (SSSR count). The van der Waals surface area contributed by atoms with Crippen LogP contribution in [0.15, 0.2) is 47.2 Å². The first kappa shape index (κ1) is 12.6. The van der Waals surface area contributed by atoms with Gasteiger partial charge in [-0.1, -0.05) is 12.1 Å². The predicted molar refractivity (Wildman–Crippen MR) is 72.7 cm³/mol. The molecule has 4 nitrogen and oxygen atoms in total. The third kappa shape index (κ3) is 3.30. The molecular weight excluding hydrogens is 296 g/mol. The zero-order valence-corrected chi connectivity index (χ0v) is 11.0. The van der Waals surface area contributed by atoms with E-state index in [1.165, 1.54) is 0 Å². The van der Waals surface area contributed by atoms with E-state index in [1.54, 1.807) is 36.7 Å². The second-order valence-corrected chi connectivity index (χ2v) is 4.66. The molecular formula is C13H11BrN2O2. The number of aromatic nitrogens is 1. The fourth-order valence-electron chi connectivity index (χ4n) is 1.48. The highest BCUT2D eigenvalue weighted by Crippen LogP contribution is 2.14. The van der Waals surface area contributed by atoms with Gasteiger partial charge in [-0.3, -0.25) is 4.98 Å².